The predicted octanol–water partition coefficient (Wildman–Crippen LogP) is 4.73. The molecule has 3 heterocycles. The Morgan fingerprint density at radius 3 is 2.44 bits per heavy atom. The lowest BCUT2D eigenvalue weighted by Crippen LogP contribution is -2.45. The van der Waals surface area contributed by atoms with E-state index in [4.69, 9.17) is 5.10 Å². The van der Waals surface area contributed by atoms with E-state index in [1.54, 1.807) is 42.3 Å². The minimum atomic E-state index is -0.296. The Bertz CT molecular complexity index is 1260. The number of rotatable bonds is 4. The van der Waals surface area contributed by atoms with Gasteiger partial charge in [-0.3, -0.25) is 0 Å². The molecule has 2 unspecified atom stereocenters. The minimum Gasteiger partial charge on any atom is -0.341 e. The molecule has 34 heavy (non-hydrogen) atoms. The zero-order valence-electron chi connectivity index (χ0n) is 18.8. The molecular weight excluding hydrogens is 431 g/mol. The van der Waals surface area contributed by atoms with Gasteiger partial charge in [0, 0.05) is 37.5 Å². The van der Waals surface area contributed by atoms with Crippen molar-refractivity contribution in [3.8, 4) is 17.2 Å². The number of halogens is 1. The number of benzene rings is 2. The van der Waals surface area contributed by atoms with Crippen molar-refractivity contribution in [2.24, 2.45) is 0 Å². The highest BCUT2D eigenvalue weighted by atomic mass is 19.1. The number of carbonyl (C=O) groups is 1. The van der Waals surface area contributed by atoms with Gasteiger partial charge in [0.2, 0.25) is 0 Å². The first-order valence-corrected chi connectivity index (χ1v) is 11.3. The molecule has 1 aliphatic rings. The summed E-state index contributed by atoms with van der Waals surface area (Å²) in [5.74, 6) is 0.195. The van der Waals surface area contributed by atoms with E-state index in [0.29, 0.717) is 18.2 Å². The number of piperidine rings is 1. The third kappa shape index (κ3) is 4.26. The van der Waals surface area contributed by atoms with Crippen LogP contribution in [-0.4, -0.2) is 44.3 Å². The Labute approximate surface area is 197 Å². The number of nitrogens with one attached hydrogen (secondary N) is 1. The van der Waals surface area contributed by atoms with Gasteiger partial charge in [0.1, 0.15) is 5.82 Å². The highest BCUT2D eigenvalue weighted by molar-refractivity contribution is 5.74. The van der Waals surface area contributed by atoms with Crippen LogP contribution < -0.4 is 5.32 Å². The molecule has 172 valence electrons. The molecule has 0 aliphatic carbocycles. The number of carbonyl (C=O) groups excluding carboxylic acids is 1. The van der Waals surface area contributed by atoms with Gasteiger partial charge in [-0.2, -0.15) is 5.10 Å². The lowest BCUT2D eigenvalue weighted by Gasteiger charge is -2.39. The van der Waals surface area contributed by atoms with E-state index in [9.17, 15) is 9.18 Å². The van der Waals surface area contributed by atoms with Crippen molar-refractivity contribution < 1.29 is 9.18 Å². The minimum absolute atomic E-state index is 0.00156. The lowest BCUT2D eigenvalue weighted by atomic mass is 9.87. The first-order chi connectivity index (χ1) is 16.6. The number of hydrogen-bond donors (Lipinski definition) is 1. The third-order valence-corrected chi connectivity index (χ3v) is 6.28. The Morgan fingerprint density at radius 1 is 1.00 bits per heavy atom. The average Bonchev–Trinajstić information content (AvgIpc) is 3.35. The predicted molar refractivity (Wildman–Crippen MR) is 127 cm³/mol. The molecule has 5 rings (SSSR count). The summed E-state index contributed by atoms with van der Waals surface area (Å²) in [4.78, 5) is 23.6. The zero-order chi connectivity index (χ0) is 23.5. The summed E-state index contributed by atoms with van der Waals surface area (Å²) in [7, 11) is 1.66. The van der Waals surface area contributed by atoms with Gasteiger partial charge in [0.25, 0.3) is 5.95 Å². The highest BCUT2D eigenvalue weighted by Crippen LogP contribution is 2.39. The smallest absolute Gasteiger partial charge is 0.317 e. The van der Waals surface area contributed by atoms with Crippen molar-refractivity contribution in [3.05, 3.63) is 96.2 Å². The maximum Gasteiger partial charge on any atom is 0.317 e. The lowest BCUT2D eigenvalue weighted by molar-refractivity contribution is 0.142. The number of likely N-dealkylation sites (tertiary alicyclic amines) is 1. The Hall–Kier alpha value is -4.07. The SMILES string of the molecule is CNC(=O)N1CC(c2cc(-c3ccc(F)cc3)nn2-c2ncccn2)CCC1c1ccccc1. The third-order valence-electron chi connectivity index (χ3n) is 6.28. The van der Waals surface area contributed by atoms with Crippen molar-refractivity contribution >= 4 is 6.03 Å². The molecule has 8 heteroatoms. The first-order valence-electron chi connectivity index (χ1n) is 11.3. The van der Waals surface area contributed by atoms with Crippen LogP contribution in [0.5, 0.6) is 0 Å². The number of aromatic nitrogens is 4. The van der Waals surface area contributed by atoms with Crippen LogP contribution in [0.3, 0.4) is 0 Å². The van der Waals surface area contributed by atoms with Gasteiger partial charge in [-0.1, -0.05) is 30.3 Å². The first kappa shape index (κ1) is 21.8. The van der Waals surface area contributed by atoms with Gasteiger partial charge < -0.3 is 10.2 Å². The van der Waals surface area contributed by atoms with Crippen molar-refractivity contribution in [1.82, 2.24) is 30.0 Å². The number of hydrogen-bond acceptors (Lipinski definition) is 4. The van der Waals surface area contributed by atoms with Gasteiger partial charge in [0.15, 0.2) is 0 Å². The molecule has 1 aliphatic heterocycles. The van der Waals surface area contributed by atoms with E-state index in [1.807, 2.05) is 29.2 Å². The van der Waals surface area contributed by atoms with Gasteiger partial charge in [-0.25, -0.2) is 23.8 Å². The second kappa shape index (κ2) is 9.43. The summed E-state index contributed by atoms with van der Waals surface area (Å²) in [5, 5.41) is 7.57. The van der Waals surface area contributed by atoms with E-state index in [-0.39, 0.29) is 23.8 Å². The number of amides is 2. The van der Waals surface area contributed by atoms with Crippen molar-refractivity contribution in [3.63, 3.8) is 0 Å². The topological polar surface area (TPSA) is 75.9 Å². The molecule has 0 bridgehead atoms. The van der Waals surface area contributed by atoms with Crippen LogP contribution in [0.25, 0.3) is 17.2 Å². The molecule has 4 aromatic rings. The Balaban J connectivity index is 1.53. The van der Waals surface area contributed by atoms with Crippen LogP contribution in [0.15, 0.2) is 79.1 Å². The van der Waals surface area contributed by atoms with Crippen LogP contribution in [0.4, 0.5) is 9.18 Å². The average molecular weight is 457 g/mol. The van der Waals surface area contributed by atoms with E-state index in [0.717, 1.165) is 29.7 Å². The van der Waals surface area contributed by atoms with Gasteiger partial charge in [0.05, 0.1) is 17.4 Å². The van der Waals surface area contributed by atoms with E-state index in [1.165, 1.54) is 12.1 Å². The monoisotopic (exact) mass is 456 g/mol. The summed E-state index contributed by atoms with van der Waals surface area (Å²) < 4.78 is 15.2. The maximum absolute atomic E-state index is 13.5. The summed E-state index contributed by atoms with van der Waals surface area (Å²) >= 11 is 0. The van der Waals surface area contributed by atoms with Gasteiger partial charge >= 0.3 is 6.03 Å². The summed E-state index contributed by atoms with van der Waals surface area (Å²) in [5.41, 5.74) is 3.56. The second-order valence-electron chi connectivity index (χ2n) is 8.33. The molecule has 0 radical (unpaired) electrons. The van der Waals surface area contributed by atoms with Gasteiger partial charge in [-0.05, 0) is 54.8 Å². The van der Waals surface area contributed by atoms with Crippen LogP contribution in [-0.2, 0) is 0 Å². The van der Waals surface area contributed by atoms with Crippen LogP contribution in [0.1, 0.15) is 36.1 Å². The maximum atomic E-state index is 13.5. The normalized spacial score (nSPS) is 18.0. The summed E-state index contributed by atoms with van der Waals surface area (Å²) in [6, 6.07) is 20.0. The Morgan fingerprint density at radius 2 is 1.74 bits per heavy atom. The molecule has 2 aromatic carbocycles. The quantitative estimate of drug-likeness (QED) is 0.482. The van der Waals surface area contributed by atoms with E-state index < -0.39 is 0 Å². The van der Waals surface area contributed by atoms with Crippen LogP contribution in [0, 0.1) is 5.82 Å². The van der Waals surface area contributed by atoms with E-state index in [2.05, 4.69) is 27.4 Å². The zero-order valence-corrected chi connectivity index (χ0v) is 18.8. The Kier molecular flexibility index (Phi) is 6.03. The van der Waals surface area contributed by atoms with Crippen molar-refractivity contribution in [2.75, 3.05) is 13.6 Å². The van der Waals surface area contributed by atoms with Crippen LogP contribution in [0.2, 0.25) is 0 Å². The number of urea groups is 1. The largest absolute Gasteiger partial charge is 0.341 e. The second-order valence-corrected chi connectivity index (χ2v) is 8.33. The molecule has 2 aromatic heterocycles. The fraction of sp³-hybridized carbons (Fsp3) is 0.231. The summed E-state index contributed by atoms with van der Waals surface area (Å²) in [6.07, 6.45) is 5.03. The van der Waals surface area contributed by atoms with Gasteiger partial charge in [-0.15, -0.1) is 0 Å². The molecule has 1 fully saturated rings. The fourth-order valence-electron chi connectivity index (χ4n) is 4.61. The van der Waals surface area contributed by atoms with Crippen LogP contribution >= 0.6 is 0 Å². The number of nitrogens with zero attached hydrogens (tertiary/aromatic N) is 5. The summed E-state index contributed by atoms with van der Waals surface area (Å²) in [6.45, 7) is 0.528. The molecule has 7 nitrogen and oxygen atoms in total. The van der Waals surface area contributed by atoms with Crippen molar-refractivity contribution in [1.29, 1.82) is 0 Å². The molecule has 1 N–H and O–H groups in total. The molecular formula is C26H25FN6O. The highest BCUT2D eigenvalue weighted by Gasteiger charge is 2.35. The fourth-order valence-corrected chi connectivity index (χ4v) is 4.61. The molecule has 0 saturated carbocycles. The molecule has 2 atom stereocenters. The standard InChI is InChI=1S/C26H25FN6O/c1-28-26(34)32-17-20(10-13-23(32)19-6-3-2-4-7-19)24-16-22(18-8-11-21(27)12-9-18)31-33(24)25-29-14-5-15-30-25/h2-9,11-12,14-16,20,23H,10,13,17H2,1H3,(H,28,34). The molecule has 1 saturated heterocycles. The van der Waals surface area contributed by atoms with E-state index >= 15 is 0 Å². The molecule has 2 amide bonds. The van der Waals surface area contributed by atoms with Crippen molar-refractivity contribution in [2.45, 2.75) is 24.8 Å². The molecule has 0 spiro atoms.